The van der Waals surface area contributed by atoms with Crippen LogP contribution in [0.15, 0.2) is 24.5 Å². The molecule has 1 saturated heterocycles. The SMILES string of the molecule is OCC1CCCC1NC1CCN(c2ccncc2)CC1. The van der Waals surface area contributed by atoms with E-state index in [0.29, 0.717) is 24.6 Å². The highest BCUT2D eigenvalue weighted by Gasteiger charge is 2.29. The molecule has 0 aromatic carbocycles. The summed E-state index contributed by atoms with van der Waals surface area (Å²) in [6, 6.07) is 5.33. The number of aromatic nitrogens is 1. The third-order valence-corrected chi connectivity index (χ3v) is 4.87. The molecule has 2 aliphatic rings. The van der Waals surface area contributed by atoms with Crippen LogP contribution in [0.1, 0.15) is 32.1 Å². The van der Waals surface area contributed by atoms with Crippen LogP contribution in [0.2, 0.25) is 0 Å². The Balaban J connectivity index is 1.49. The van der Waals surface area contributed by atoms with Gasteiger partial charge in [0.2, 0.25) is 0 Å². The second kappa shape index (κ2) is 6.55. The summed E-state index contributed by atoms with van der Waals surface area (Å²) in [6.07, 6.45) is 9.79. The summed E-state index contributed by atoms with van der Waals surface area (Å²) in [6.45, 7) is 2.56. The lowest BCUT2D eigenvalue weighted by Gasteiger charge is -2.36. The van der Waals surface area contributed by atoms with Crippen molar-refractivity contribution in [3.63, 3.8) is 0 Å². The van der Waals surface area contributed by atoms with Crippen molar-refractivity contribution in [2.75, 3.05) is 24.6 Å². The van der Waals surface area contributed by atoms with E-state index in [2.05, 4.69) is 27.3 Å². The molecule has 1 aromatic rings. The smallest absolute Gasteiger partial charge is 0.0474 e. The van der Waals surface area contributed by atoms with Gasteiger partial charge in [-0.15, -0.1) is 0 Å². The van der Waals surface area contributed by atoms with Gasteiger partial charge in [-0.3, -0.25) is 4.98 Å². The van der Waals surface area contributed by atoms with Crippen LogP contribution in [0, 0.1) is 5.92 Å². The number of rotatable bonds is 4. The predicted molar refractivity (Wildman–Crippen MR) is 80.8 cm³/mol. The molecule has 0 bridgehead atoms. The molecule has 4 nitrogen and oxygen atoms in total. The maximum absolute atomic E-state index is 9.40. The molecule has 3 rings (SSSR count). The van der Waals surface area contributed by atoms with Crippen LogP contribution in [0.25, 0.3) is 0 Å². The minimum atomic E-state index is 0.341. The minimum Gasteiger partial charge on any atom is -0.396 e. The average molecular weight is 275 g/mol. The Morgan fingerprint density at radius 3 is 2.60 bits per heavy atom. The molecule has 110 valence electrons. The number of aliphatic hydroxyl groups is 1. The van der Waals surface area contributed by atoms with Gasteiger partial charge < -0.3 is 15.3 Å². The molecule has 20 heavy (non-hydrogen) atoms. The van der Waals surface area contributed by atoms with Gasteiger partial charge in [-0.25, -0.2) is 0 Å². The van der Waals surface area contributed by atoms with E-state index in [1.165, 1.54) is 37.8 Å². The van der Waals surface area contributed by atoms with Crippen LogP contribution in [0.3, 0.4) is 0 Å². The number of nitrogens with one attached hydrogen (secondary N) is 1. The first-order valence-electron chi connectivity index (χ1n) is 7.88. The average Bonchev–Trinajstić information content (AvgIpc) is 2.96. The lowest BCUT2D eigenvalue weighted by atomic mass is 9.99. The standard InChI is InChI=1S/C16H25N3O/c20-12-13-2-1-3-16(13)18-14-6-10-19(11-7-14)15-4-8-17-9-5-15/h4-5,8-9,13-14,16,18,20H,1-3,6-7,10-12H2. The predicted octanol–water partition coefficient (Wildman–Crippen LogP) is 1.80. The number of piperidine rings is 1. The molecule has 2 unspecified atom stereocenters. The van der Waals surface area contributed by atoms with Gasteiger partial charge in [-0.05, 0) is 43.7 Å². The van der Waals surface area contributed by atoms with Gasteiger partial charge in [-0.2, -0.15) is 0 Å². The van der Waals surface area contributed by atoms with E-state index >= 15 is 0 Å². The lowest BCUT2D eigenvalue weighted by molar-refractivity contribution is 0.195. The highest BCUT2D eigenvalue weighted by Crippen LogP contribution is 2.27. The fourth-order valence-corrected chi connectivity index (χ4v) is 3.64. The van der Waals surface area contributed by atoms with E-state index in [4.69, 9.17) is 0 Å². The van der Waals surface area contributed by atoms with Gasteiger partial charge in [0.15, 0.2) is 0 Å². The molecule has 2 fully saturated rings. The van der Waals surface area contributed by atoms with Crippen molar-refractivity contribution in [1.29, 1.82) is 0 Å². The number of pyridine rings is 1. The van der Waals surface area contributed by atoms with Crippen LogP contribution in [0.4, 0.5) is 5.69 Å². The van der Waals surface area contributed by atoms with E-state index in [0.717, 1.165) is 13.1 Å². The van der Waals surface area contributed by atoms with E-state index in [9.17, 15) is 5.11 Å². The molecule has 0 radical (unpaired) electrons. The van der Waals surface area contributed by atoms with Gasteiger partial charge in [-0.1, -0.05) is 6.42 Å². The van der Waals surface area contributed by atoms with E-state index < -0.39 is 0 Å². The van der Waals surface area contributed by atoms with Crippen LogP contribution in [0.5, 0.6) is 0 Å². The summed E-state index contributed by atoms with van der Waals surface area (Å²) in [4.78, 5) is 6.52. The molecule has 1 aromatic heterocycles. The zero-order chi connectivity index (χ0) is 13.8. The Morgan fingerprint density at radius 1 is 1.15 bits per heavy atom. The first-order valence-corrected chi connectivity index (χ1v) is 7.88. The first kappa shape index (κ1) is 13.8. The number of hydrogen-bond acceptors (Lipinski definition) is 4. The summed E-state index contributed by atoms with van der Waals surface area (Å²) in [5.41, 5.74) is 1.28. The Labute approximate surface area is 121 Å². The molecule has 4 heteroatoms. The summed E-state index contributed by atoms with van der Waals surface area (Å²) in [7, 11) is 0. The van der Waals surface area contributed by atoms with Crippen LogP contribution in [-0.4, -0.2) is 41.9 Å². The van der Waals surface area contributed by atoms with E-state index in [1.807, 2.05) is 12.4 Å². The summed E-state index contributed by atoms with van der Waals surface area (Å²) in [5.74, 6) is 0.480. The molecule has 2 heterocycles. The minimum absolute atomic E-state index is 0.341. The molecule has 2 atom stereocenters. The number of hydrogen-bond donors (Lipinski definition) is 2. The number of aliphatic hydroxyl groups excluding tert-OH is 1. The normalized spacial score (nSPS) is 27.9. The second-order valence-electron chi connectivity index (χ2n) is 6.11. The van der Waals surface area contributed by atoms with Crippen molar-refractivity contribution < 1.29 is 5.11 Å². The van der Waals surface area contributed by atoms with Crippen molar-refractivity contribution in [3.8, 4) is 0 Å². The third-order valence-electron chi connectivity index (χ3n) is 4.87. The van der Waals surface area contributed by atoms with Crippen molar-refractivity contribution in [2.45, 2.75) is 44.2 Å². The van der Waals surface area contributed by atoms with Gasteiger partial charge in [0.1, 0.15) is 0 Å². The van der Waals surface area contributed by atoms with Crippen molar-refractivity contribution in [1.82, 2.24) is 10.3 Å². The Kier molecular flexibility index (Phi) is 4.53. The van der Waals surface area contributed by atoms with Gasteiger partial charge in [0, 0.05) is 49.9 Å². The van der Waals surface area contributed by atoms with E-state index in [1.54, 1.807) is 0 Å². The molecular weight excluding hydrogens is 250 g/mol. The second-order valence-corrected chi connectivity index (χ2v) is 6.11. The summed E-state index contributed by atoms with van der Waals surface area (Å²) < 4.78 is 0. The maximum Gasteiger partial charge on any atom is 0.0474 e. The fraction of sp³-hybridized carbons (Fsp3) is 0.688. The van der Waals surface area contributed by atoms with Crippen LogP contribution < -0.4 is 10.2 Å². The Morgan fingerprint density at radius 2 is 1.90 bits per heavy atom. The van der Waals surface area contributed by atoms with Gasteiger partial charge in [0.05, 0.1) is 0 Å². The van der Waals surface area contributed by atoms with Gasteiger partial charge in [0.25, 0.3) is 0 Å². The third kappa shape index (κ3) is 3.13. The highest BCUT2D eigenvalue weighted by molar-refractivity contribution is 5.44. The monoisotopic (exact) mass is 275 g/mol. The molecular formula is C16H25N3O. The van der Waals surface area contributed by atoms with Crippen molar-refractivity contribution in [2.24, 2.45) is 5.92 Å². The van der Waals surface area contributed by atoms with Gasteiger partial charge >= 0.3 is 0 Å². The molecule has 0 amide bonds. The quantitative estimate of drug-likeness (QED) is 0.880. The zero-order valence-electron chi connectivity index (χ0n) is 12.0. The van der Waals surface area contributed by atoms with E-state index in [-0.39, 0.29) is 0 Å². The molecule has 1 aliphatic carbocycles. The molecule has 1 saturated carbocycles. The van der Waals surface area contributed by atoms with Crippen molar-refractivity contribution >= 4 is 5.69 Å². The van der Waals surface area contributed by atoms with Crippen molar-refractivity contribution in [3.05, 3.63) is 24.5 Å². The number of nitrogens with zero attached hydrogens (tertiary/aromatic N) is 2. The molecule has 0 spiro atoms. The Bertz CT molecular complexity index is 403. The molecule has 2 N–H and O–H groups in total. The summed E-state index contributed by atoms with van der Waals surface area (Å²) in [5, 5.41) is 13.2. The number of anilines is 1. The largest absolute Gasteiger partial charge is 0.396 e. The molecule has 1 aliphatic heterocycles. The first-order chi connectivity index (χ1) is 9.86. The lowest BCUT2D eigenvalue weighted by Crippen LogP contribution is -2.47. The van der Waals surface area contributed by atoms with Crippen LogP contribution in [-0.2, 0) is 0 Å². The summed E-state index contributed by atoms with van der Waals surface area (Å²) >= 11 is 0. The van der Waals surface area contributed by atoms with Crippen LogP contribution >= 0.6 is 0 Å². The maximum atomic E-state index is 9.40. The highest BCUT2D eigenvalue weighted by atomic mass is 16.3. The fourth-order valence-electron chi connectivity index (χ4n) is 3.64. The topological polar surface area (TPSA) is 48.4 Å². The Hall–Kier alpha value is -1.13. The zero-order valence-corrected chi connectivity index (χ0v) is 12.0.